The second kappa shape index (κ2) is 18.7. The van der Waals surface area contributed by atoms with E-state index in [4.69, 9.17) is 29.4 Å². The van der Waals surface area contributed by atoms with Crippen molar-refractivity contribution in [1.29, 1.82) is 0 Å². The van der Waals surface area contributed by atoms with Crippen LogP contribution in [0.25, 0.3) is 0 Å². The van der Waals surface area contributed by atoms with E-state index < -0.39 is 0 Å². The Bertz CT molecular complexity index is 157. The van der Waals surface area contributed by atoms with Gasteiger partial charge in [-0.2, -0.15) is 0 Å². The highest BCUT2D eigenvalue weighted by Gasteiger charge is 1.93. The Morgan fingerprint density at radius 1 is 0.600 bits per heavy atom. The van der Waals surface area contributed by atoms with Crippen molar-refractivity contribution in [3.8, 4) is 0 Å². The smallest absolute Gasteiger partial charge is 0.0701 e. The molecule has 0 aliphatic rings. The van der Waals surface area contributed by atoms with Crippen molar-refractivity contribution in [3.05, 3.63) is 0 Å². The Morgan fingerprint density at radius 3 is 1.30 bits per heavy atom. The summed E-state index contributed by atoms with van der Waals surface area (Å²) in [5.41, 5.74) is 5.28. The van der Waals surface area contributed by atoms with Gasteiger partial charge >= 0.3 is 0 Å². The largest absolute Gasteiger partial charge is 0.378 e. The summed E-state index contributed by atoms with van der Waals surface area (Å²) in [7, 11) is 1.90. The SMILES string of the molecule is CNCCOCCOCCOCCOCCOCCN. The number of nitrogens with two attached hydrogens (primary N) is 1. The van der Waals surface area contributed by atoms with Crippen LogP contribution in [-0.2, 0) is 23.7 Å². The predicted molar refractivity (Wildman–Crippen MR) is 77.1 cm³/mol. The van der Waals surface area contributed by atoms with Gasteiger partial charge in [0.05, 0.1) is 66.1 Å². The van der Waals surface area contributed by atoms with Crippen LogP contribution in [0.4, 0.5) is 0 Å². The van der Waals surface area contributed by atoms with Gasteiger partial charge in [-0.25, -0.2) is 0 Å². The highest BCUT2D eigenvalue weighted by Crippen LogP contribution is 1.83. The minimum absolute atomic E-state index is 0.545. The molecule has 0 aliphatic heterocycles. The third kappa shape index (κ3) is 17.7. The summed E-state index contributed by atoms with van der Waals surface area (Å²) < 4.78 is 26.5. The molecular weight excluding hydrogens is 264 g/mol. The van der Waals surface area contributed by atoms with E-state index >= 15 is 0 Å². The molecule has 0 atom stereocenters. The fourth-order valence-electron chi connectivity index (χ4n) is 1.24. The Labute approximate surface area is 122 Å². The zero-order chi connectivity index (χ0) is 14.7. The van der Waals surface area contributed by atoms with Crippen molar-refractivity contribution in [2.75, 3.05) is 86.2 Å². The maximum absolute atomic E-state index is 5.34. The molecule has 0 bridgehead atoms. The number of ether oxygens (including phenoxy) is 5. The molecule has 0 saturated carbocycles. The number of hydrogen-bond donors (Lipinski definition) is 2. The van der Waals surface area contributed by atoms with Crippen molar-refractivity contribution in [2.24, 2.45) is 5.73 Å². The van der Waals surface area contributed by atoms with Crippen LogP contribution in [0.15, 0.2) is 0 Å². The molecule has 0 unspecified atom stereocenters. The molecule has 0 amide bonds. The van der Waals surface area contributed by atoms with Crippen LogP contribution in [0.5, 0.6) is 0 Å². The highest BCUT2D eigenvalue weighted by atomic mass is 16.6. The predicted octanol–water partition coefficient (Wildman–Crippen LogP) is -0.752. The molecule has 122 valence electrons. The van der Waals surface area contributed by atoms with Gasteiger partial charge in [0.15, 0.2) is 0 Å². The van der Waals surface area contributed by atoms with E-state index in [9.17, 15) is 0 Å². The maximum Gasteiger partial charge on any atom is 0.0701 e. The second-order valence-corrected chi connectivity index (χ2v) is 3.95. The third-order valence-electron chi connectivity index (χ3n) is 2.25. The van der Waals surface area contributed by atoms with Crippen molar-refractivity contribution in [2.45, 2.75) is 0 Å². The van der Waals surface area contributed by atoms with E-state index in [1.807, 2.05) is 7.05 Å². The van der Waals surface area contributed by atoms with Crippen molar-refractivity contribution in [1.82, 2.24) is 5.32 Å². The zero-order valence-corrected chi connectivity index (χ0v) is 12.6. The summed E-state index contributed by atoms with van der Waals surface area (Å²) in [6.45, 7) is 7.35. The Hall–Kier alpha value is -0.280. The number of rotatable bonds is 17. The van der Waals surface area contributed by atoms with Gasteiger partial charge in [-0.05, 0) is 7.05 Å². The van der Waals surface area contributed by atoms with Crippen LogP contribution in [0.3, 0.4) is 0 Å². The minimum atomic E-state index is 0.545. The highest BCUT2D eigenvalue weighted by molar-refractivity contribution is 4.38. The van der Waals surface area contributed by atoms with Crippen LogP contribution >= 0.6 is 0 Å². The van der Waals surface area contributed by atoms with E-state index in [2.05, 4.69) is 5.32 Å². The molecule has 0 aromatic rings. The summed E-state index contributed by atoms with van der Waals surface area (Å²) in [5.74, 6) is 0. The van der Waals surface area contributed by atoms with Crippen molar-refractivity contribution < 1.29 is 23.7 Å². The molecule has 0 aromatic carbocycles. The lowest BCUT2D eigenvalue weighted by molar-refractivity contribution is -0.0102. The van der Waals surface area contributed by atoms with E-state index in [1.54, 1.807) is 0 Å². The normalized spacial score (nSPS) is 11.1. The molecule has 0 saturated heterocycles. The molecular formula is C13H30N2O5. The molecule has 7 heteroatoms. The first kappa shape index (κ1) is 19.7. The van der Waals surface area contributed by atoms with Gasteiger partial charge < -0.3 is 34.7 Å². The molecule has 7 nitrogen and oxygen atoms in total. The van der Waals surface area contributed by atoms with Gasteiger partial charge in [-0.1, -0.05) is 0 Å². The molecule has 3 N–H and O–H groups in total. The molecule has 0 spiro atoms. The zero-order valence-electron chi connectivity index (χ0n) is 12.6. The fraction of sp³-hybridized carbons (Fsp3) is 1.00. The van der Waals surface area contributed by atoms with E-state index in [-0.39, 0.29) is 0 Å². The molecule has 0 fully saturated rings. The van der Waals surface area contributed by atoms with E-state index in [0.29, 0.717) is 72.6 Å². The van der Waals surface area contributed by atoms with Gasteiger partial charge in [0.1, 0.15) is 0 Å². The molecule has 0 heterocycles. The lowest BCUT2D eigenvalue weighted by Crippen LogP contribution is -2.17. The Morgan fingerprint density at radius 2 is 0.950 bits per heavy atom. The number of nitrogens with one attached hydrogen (secondary N) is 1. The van der Waals surface area contributed by atoms with Crippen molar-refractivity contribution in [3.63, 3.8) is 0 Å². The van der Waals surface area contributed by atoms with Crippen molar-refractivity contribution >= 4 is 0 Å². The van der Waals surface area contributed by atoms with E-state index in [0.717, 1.165) is 6.54 Å². The summed E-state index contributed by atoms with van der Waals surface area (Å²) >= 11 is 0. The second-order valence-electron chi connectivity index (χ2n) is 3.95. The lowest BCUT2D eigenvalue weighted by Gasteiger charge is -2.07. The standard InChI is InChI=1S/C13H30N2O5/c1-15-3-5-17-7-9-19-11-13-20-12-10-18-8-6-16-4-2-14/h15H,2-14H2,1H3. The summed E-state index contributed by atoms with van der Waals surface area (Å²) in [5, 5.41) is 3.01. The monoisotopic (exact) mass is 294 g/mol. The summed E-state index contributed by atoms with van der Waals surface area (Å²) in [6.07, 6.45) is 0. The molecule has 0 aliphatic carbocycles. The summed E-state index contributed by atoms with van der Waals surface area (Å²) in [4.78, 5) is 0. The van der Waals surface area contributed by atoms with Gasteiger partial charge in [-0.15, -0.1) is 0 Å². The average molecular weight is 294 g/mol. The molecule has 0 rings (SSSR count). The van der Waals surface area contributed by atoms with Crippen LogP contribution in [0.1, 0.15) is 0 Å². The van der Waals surface area contributed by atoms with Gasteiger partial charge in [0, 0.05) is 13.1 Å². The first-order chi connectivity index (χ1) is 9.91. The average Bonchev–Trinajstić information content (AvgIpc) is 2.47. The van der Waals surface area contributed by atoms with Crippen LogP contribution in [0, 0.1) is 0 Å². The van der Waals surface area contributed by atoms with Crippen LogP contribution in [-0.4, -0.2) is 86.2 Å². The topological polar surface area (TPSA) is 84.2 Å². The number of hydrogen-bond acceptors (Lipinski definition) is 7. The molecule has 0 aromatic heterocycles. The first-order valence-corrected chi connectivity index (χ1v) is 7.15. The molecule has 20 heavy (non-hydrogen) atoms. The minimum Gasteiger partial charge on any atom is -0.378 e. The van der Waals surface area contributed by atoms with Gasteiger partial charge in [0.25, 0.3) is 0 Å². The fourth-order valence-corrected chi connectivity index (χ4v) is 1.24. The third-order valence-corrected chi connectivity index (χ3v) is 2.25. The van der Waals surface area contributed by atoms with Crippen LogP contribution in [0.2, 0.25) is 0 Å². The number of likely N-dealkylation sites (N-methyl/N-ethyl adjacent to an activating group) is 1. The van der Waals surface area contributed by atoms with Crippen LogP contribution < -0.4 is 11.1 Å². The quantitative estimate of drug-likeness (QED) is 0.341. The Kier molecular flexibility index (Phi) is 18.5. The Balaban J connectivity index is 2.89. The maximum atomic E-state index is 5.34. The molecule has 0 radical (unpaired) electrons. The first-order valence-electron chi connectivity index (χ1n) is 7.15. The van der Waals surface area contributed by atoms with E-state index in [1.165, 1.54) is 0 Å². The van der Waals surface area contributed by atoms with Gasteiger partial charge in [-0.3, -0.25) is 0 Å². The lowest BCUT2D eigenvalue weighted by atomic mass is 10.6. The van der Waals surface area contributed by atoms with Gasteiger partial charge in [0.2, 0.25) is 0 Å². The summed E-state index contributed by atoms with van der Waals surface area (Å²) in [6, 6.07) is 0.